The fraction of sp³-hybridized carbons (Fsp3) is 0.444. The molecule has 4 heterocycles. The van der Waals surface area contributed by atoms with Crippen LogP contribution >= 0.6 is 0 Å². The normalized spacial score (nSPS) is 16.8. The molecule has 2 aromatic heterocycles. The third-order valence-corrected chi connectivity index (χ3v) is 11.4. The van der Waals surface area contributed by atoms with E-state index in [0.29, 0.717) is 22.6 Å². The van der Waals surface area contributed by atoms with Crippen molar-refractivity contribution in [2.24, 2.45) is 0 Å². The molecule has 2 N–H and O–H groups in total. The second-order valence-electron chi connectivity index (χ2n) is 15.0. The first-order chi connectivity index (χ1) is 23.2. The molecule has 5 rings (SSSR count). The van der Waals surface area contributed by atoms with Crippen molar-refractivity contribution in [2.75, 3.05) is 11.9 Å². The third-order valence-electron chi connectivity index (χ3n) is 8.52. The number of hydrogen-bond acceptors (Lipinski definition) is 10. The summed E-state index contributed by atoms with van der Waals surface area (Å²) in [5.41, 5.74) is 1.57. The lowest BCUT2D eigenvalue weighted by atomic mass is 9.85. The number of pyridine rings is 2. The Bertz CT molecular complexity index is 2010. The first kappa shape index (κ1) is 36.3. The number of alkyl carbamates (subject to hydrolysis) is 1. The minimum Gasteiger partial charge on any atom is -0.457 e. The van der Waals surface area contributed by atoms with Crippen molar-refractivity contribution < 1.29 is 38.1 Å². The van der Waals surface area contributed by atoms with Crippen LogP contribution in [0.15, 0.2) is 41.3 Å². The van der Waals surface area contributed by atoms with Crippen LogP contribution in [0, 0.1) is 0 Å². The molecule has 0 spiro atoms. The Labute approximate surface area is 291 Å². The third kappa shape index (κ3) is 6.89. The van der Waals surface area contributed by atoms with E-state index in [9.17, 15) is 24.0 Å². The SMILES string of the molecule is C=C[Si](C)(C)c1c2c(nc3ccc(NC(=O)OC(C)(C)C)cc13)-c1cc3c(c(=O)n1C2)COC(=O)C3(CC)OC(=O)CNC(=O)OC(C)(C)C. The number of cyclic esters (lactones) is 1. The Kier molecular flexibility index (Phi) is 9.24. The average Bonchev–Trinajstić information content (AvgIpc) is 3.36. The number of amides is 2. The van der Waals surface area contributed by atoms with E-state index in [1.54, 1.807) is 71.2 Å². The van der Waals surface area contributed by atoms with Crippen molar-refractivity contribution >= 4 is 54.0 Å². The largest absolute Gasteiger partial charge is 0.457 e. The molecule has 14 heteroatoms. The van der Waals surface area contributed by atoms with E-state index < -0.39 is 61.1 Å². The molecular formula is C36H44N4O9Si. The fourth-order valence-electron chi connectivity index (χ4n) is 6.26. The van der Waals surface area contributed by atoms with Crippen molar-refractivity contribution in [3.63, 3.8) is 0 Å². The lowest BCUT2D eigenvalue weighted by Gasteiger charge is -2.35. The fourth-order valence-corrected chi connectivity index (χ4v) is 8.34. The molecule has 0 aliphatic carbocycles. The van der Waals surface area contributed by atoms with Gasteiger partial charge in [-0.15, -0.1) is 6.58 Å². The summed E-state index contributed by atoms with van der Waals surface area (Å²) in [7, 11) is -2.39. The van der Waals surface area contributed by atoms with E-state index in [-0.39, 0.29) is 30.7 Å². The molecule has 2 aliphatic heterocycles. The standard InChI is InChI=1S/C36H44N4O9Si/c1-11-36(47-27(41)17-37-32(44)48-34(3,4)5)24-16-26-28-22(18-40(26)30(42)23(24)19-46-31(36)43)29(50(9,10)12-2)21-15-20(13-14-25(21)39-28)38-33(45)49-35(6,7)8/h12-16H,2,11,17-19H2,1,3-10H3,(H,37,44)(H,38,45). The second-order valence-corrected chi connectivity index (χ2v) is 19.3. The molecule has 2 amide bonds. The van der Waals surface area contributed by atoms with Crippen molar-refractivity contribution in [1.29, 1.82) is 0 Å². The summed E-state index contributed by atoms with van der Waals surface area (Å²) in [6.07, 6.45) is -1.45. The highest BCUT2D eigenvalue weighted by Crippen LogP contribution is 2.41. The molecule has 1 aromatic carbocycles. The Balaban J connectivity index is 1.61. The highest BCUT2D eigenvalue weighted by atomic mass is 28.3. The first-order valence-corrected chi connectivity index (χ1v) is 19.5. The summed E-state index contributed by atoms with van der Waals surface area (Å²) in [4.78, 5) is 70.5. The molecule has 266 valence electrons. The van der Waals surface area contributed by atoms with E-state index in [4.69, 9.17) is 23.9 Å². The monoisotopic (exact) mass is 704 g/mol. The predicted molar refractivity (Wildman–Crippen MR) is 190 cm³/mol. The Hall–Kier alpha value is -4.98. The molecule has 0 bridgehead atoms. The smallest absolute Gasteiger partial charge is 0.412 e. The van der Waals surface area contributed by atoms with Crippen LogP contribution in [-0.2, 0) is 47.3 Å². The van der Waals surface area contributed by atoms with Crippen LogP contribution in [0.5, 0.6) is 0 Å². The van der Waals surface area contributed by atoms with Crippen LogP contribution in [0.1, 0.15) is 71.6 Å². The topological polar surface area (TPSA) is 164 Å². The second kappa shape index (κ2) is 12.7. The van der Waals surface area contributed by atoms with Gasteiger partial charge in [0.2, 0.25) is 5.60 Å². The summed E-state index contributed by atoms with van der Waals surface area (Å²) in [5.74, 6) is -1.73. The quantitative estimate of drug-likeness (QED) is 0.150. The maximum atomic E-state index is 14.2. The molecule has 0 radical (unpaired) electrons. The minimum absolute atomic E-state index is 0.0347. The van der Waals surface area contributed by atoms with E-state index in [1.165, 1.54) is 0 Å². The van der Waals surface area contributed by atoms with Gasteiger partial charge in [0.25, 0.3) is 5.56 Å². The molecule has 0 saturated heterocycles. The zero-order valence-electron chi connectivity index (χ0n) is 30.0. The van der Waals surface area contributed by atoms with Crippen LogP contribution < -0.4 is 21.4 Å². The van der Waals surface area contributed by atoms with Gasteiger partial charge >= 0.3 is 24.1 Å². The number of anilines is 1. The van der Waals surface area contributed by atoms with Crippen LogP contribution in [0.3, 0.4) is 0 Å². The maximum Gasteiger partial charge on any atom is 0.412 e. The number of carbonyl (C=O) groups excluding carboxylic acids is 4. The molecule has 50 heavy (non-hydrogen) atoms. The summed E-state index contributed by atoms with van der Waals surface area (Å²) >= 11 is 0. The predicted octanol–water partition coefficient (Wildman–Crippen LogP) is 5.14. The molecular weight excluding hydrogens is 661 g/mol. The lowest BCUT2D eigenvalue weighted by molar-refractivity contribution is -0.188. The molecule has 1 unspecified atom stereocenters. The van der Waals surface area contributed by atoms with E-state index in [0.717, 1.165) is 16.1 Å². The van der Waals surface area contributed by atoms with Gasteiger partial charge in [-0.25, -0.2) is 19.4 Å². The van der Waals surface area contributed by atoms with Gasteiger partial charge in [0.15, 0.2) is 0 Å². The van der Waals surface area contributed by atoms with Crippen LogP contribution in [0.25, 0.3) is 22.3 Å². The zero-order chi connectivity index (χ0) is 37.0. The number of rotatable bonds is 7. The molecule has 0 saturated carbocycles. The van der Waals surface area contributed by atoms with Crippen molar-refractivity contribution in [3.8, 4) is 11.4 Å². The summed E-state index contributed by atoms with van der Waals surface area (Å²) < 4.78 is 23.5. The number of aromatic nitrogens is 2. The van der Waals surface area contributed by atoms with Gasteiger partial charge in [-0.2, -0.15) is 0 Å². The van der Waals surface area contributed by atoms with Crippen molar-refractivity contribution in [2.45, 2.75) is 97.9 Å². The van der Waals surface area contributed by atoms with Crippen LogP contribution in [-0.4, -0.2) is 59.5 Å². The van der Waals surface area contributed by atoms with E-state index in [2.05, 4.69) is 30.3 Å². The Morgan fingerprint density at radius 1 is 1.04 bits per heavy atom. The van der Waals surface area contributed by atoms with Gasteiger partial charge in [0.05, 0.1) is 29.0 Å². The lowest BCUT2D eigenvalue weighted by Crippen LogP contribution is -2.49. The summed E-state index contributed by atoms with van der Waals surface area (Å²) in [6.45, 7) is 19.8. The number of esters is 2. The number of ether oxygens (including phenoxy) is 4. The first-order valence-electron chi connectivity index (χ1n) is 16.4. The Morgan fingerprint density at radius 2 is 1.70 bits per heavy atom. The molecule has 13 nitrogen and oxygen atoms in total. The van der Waals surface area contributed by atoms with Crippen LogP contribution in [0.4, 0.5) is 15.3 Å². The highest BCUT2D eigenvalue weighted by Gasteiger charge is 2.50. The highest BCUT2D eigenvalue weighted by molar-refractivity contribution is 6.95. The minimum atomic E-state index is -2.39. The number of hydrogen-bond donors (Lipinski definition) is 2. The number of carbonyl (C=O) groups is 4. The number of nitrogens with one attached hydrogen (secondary N) is 2. The summed E-state index contributed by atoms with van der Waals surface area (Å²) in [6, 6.07) is 7.07. The summed E-state index contributed by atoms with van der Waals surface area (Å²) in [5, 5.41) is 6.96. The molecule has 0 fully saturated rings. The maximum absolute atomic E-state index is 14.2. The van der Waals surface area contributed by atoms with Gasteiger partial charge in [-0.1, -0.05) is 25.7 Å². The Morgan fingerprint density at radius 3 is 2.32 bits per heavy atom. The molecule has 3 aromatic rings. The van der Waals surface area contributed by atoms with Gasteiger partial charge in [-0.05, 0) is 77.4 Å². The zero-order valence-corrected chi connectivity index (χ0v) is 31.0. The molecule has 1 atom stereocenters. The number of fused-ring (bicyclic) bond motifs is 5. The average molecular weight is 705 g/mol. The van der Waals surface area contributed by atoms with Gasteiger partial charge in [0.1, 0.15) is 32.4 Å². The van der Waals surface area contributed by atoms with Crippen LogP contribution in [0.2, 0.25) is 13.1 Å². The van der Waals surface area contributed by atoms with E-state index >= 15 is 0 Å². The van der Waals surface area contributed by atoms with Gasteiger partial charge < -0.3 is 28.8 Å². The van der Waals surface area contributed by atoms with E-state index in [1.807, 2.05) is 11.8 Å². The van der Waals surface area contributed by atoms with Crippen molar-refractivity contribution in [1.82, 2.24) is 14.9 Å². The number of nitrogens with zero attached hydrogens (tertiary/aromatic N) is 2. The molecule has 2 aliphatic rings. The van der Waals surface area contributed by atoms with Crippen molar-refractivity contribution in [3.05, 3.63) is 63.6 Å². The van der Waals surface area contributed by atoms with Gasteiger partial charge in [-0.3, -0.25) is 14.9 Å². The number of benzene rings is 1. The van der Waals surface area contributed by atoms with Gasteiger partial charge in [0, 0.05) is 22.2 Å².